The maximum atomic E-state index is 11.6. The van der Waals surface area contributed by atoms with Crippen LogP contribution in [-0.4, -0.2) is 32.1 Å². The molecule has 0 aliphatic heterocycles. The molecule has 0 bridgehead atoms. The van der Waals surface area contributed by atoms with E-state index < -0.39 is 11.9 Å². The SMILES string of the molecule is O=C(O)c1cc(-c2cc(C(=O)O)c3ccccc3n2)nc2ccccc12.[H-].[H-].[K+].[K+]. The van der Waals surface area contributed by atoms with E-state index in [1.807, 2.05) is 0 Å². The second-order valence-corrected chi connectivity index (χ2v) is 5.75. The molecular weight excluding hydrogens is 410 g/mol. The number of carboxylic acid groups (broad SMARTS) is 2. The minimum atomic E-state index is -1.08. The van der Waals surface area contributed by atoms with Crippen LogP contribution in [0.1, 0.15) is 23.6 Å². The van der Waals surface area contributed by atoms with Crippen molar-refractivity contribution in [2.75, 3.05) is 0 Å². The molecule has 0 radical (unpaired) electrons. The molecule has 8 heteroatoms. The Morgan fingerprint density at radius 2 is 1.04 bits per heavy atom. The van der Waals surface area contributed by atoms with Crippen molar-refractivity contribution in [2.45, 2.75) is 0 Å². The molecule has 130 valence electrons. The summed E-state index contributed by atoms with van der Waals surface area (Å²) in [5.74, 6) is -2.16. The van der Waals surface area contributed by atoms with Crippen molar-refractivity contribution in [3.63, 3.8) is 0 Å². The van der Waals surface area contributed by atoms with E-state index >= 15 is 0 Å². The summed E-state index contributed by atoms with van der Waals surface area (Å²) >= 11 is 0. The molecule has 6 nitrogen and oxygen atoms in total. The van der Waals surface area contributed by atoms with Gasteiger partial charge in [0.05, 0.1) is 33.5 Å². The first-order valence-corrected chi connectivity index (χ1v) is 7.81. The van der Waals surface area contributed by atoms with E-state index in [1.165, 1.54) is 12.1 Å². The fourth-order valence-electron chi connectivity index (χ4n) is 2.97. The zero-order valence-corrected chi connectivity index (χ0v) is 21.6. The van der Waals surface area contributed by atoms with Gasteiger partial charge >= 0.3 is 115 Å². The van der Waals surface area contributed by atoms with E-state index in [0.717, 1.165) is 0 Å². The number of rotatable bonds is 3. The molecule has 0 atom stereocenters. The molecule has 0 aliphatic rings. The third kappa shape index (κ3) is 4.62. The van der Waals surface area contributed by atoms with E-state index in [1.54, 1.807) is 48.5 Å². The van der Waals surface area contributed by atoms with Gasteiger partial charge in [0.2, 0.25) is 0 Å². The molecule has 0 spiro atoms. The monoisotopic (exact) mass is 424 g/mol. The summed E-state index contributed by atoms with van der Waals surface area (Å²) < 4.78 is 0. The molecule has 0 saturated carbocycles. The molecule has 2 aromatic heterocycles. The number of hydrogen-bond acceptors (Lipinski definition) is 4. The molecule has 0 amide bonds. The predicted molar refractivity (Wildman–Crippen MR) is 98.6 cm³/mol. The average Bonchev–Trinajstić information content (AvgIpc) is 2.66. The first-order chi connectivity index (χ1) is 12.5. The Hall–Kier alpha value is -0.527. The van der Waals surface area contributed by atoms with E-state index in [4.69, 9.17) is 0 Å². The van der Waals surface area contributed by atoms with Gasteiger partial charge in [-0.05, 0) is 24.3 Å². The third-order valence-electron chi connectivity index (χ3n) is 4.16. The number of aromatic carboxylic acids is 2. The minimum Gasteiger partial charge on any atom is -1.00 e. The van der Waals surface area contributed by atoms with E-state index in [2.05, 4.69) is 9.97 Å². The second kappa shape index (κ2) is 9.99. The first kappa shape index (κ1) is 23.7. The van der Waals surface area contributed by atoms with Gasteiger partial charge in [0.1, 0.15) is 0 Å². The zero-order valence-electron chi connectivity index (χ0n) is 17.4. The number of fused-ring (bicyclic) bond motifs is 2. The standard InChI is InChI=1S/C20H12N2O4.2K.2H/c23-19(24)13-9-17(21-15-7-3-1-5-11(13)15)18-10-14(20(25)26)12-6-2-4-8-16(12)22-18;;;;/h1-10H,(H,23,24)(H,25,26);;;;/q;2*+1;2*-1. The number of aromatic nitrogens is 2. The molecule has 0 saturated heterocycles. The number of carbonyl (C=O) groups is 2. The minimum absolute atomic E-state index is 0. The molecule has 0 unspecified atom stereocenters. The number of benzene rings is 2. The Kier molecular flexibility index (Phi) is 8.47. The Labute approximate surface area is 248 Å². The van der Waals surface area contributed by atoms with Gasteiger partial charge in [-0.25, -0.2) is 19.6 Å². The Morgan fingerprint density at radius 1 is 0.679 bits per heavy atom. The van der Waals surface area contributed by atoms with Crippen LogP contribution in [0, 0.1) is 0 Å². The fourth-order valence-corrected chi connectivity index (χ4v) is 2.97. The van der Waals surface area contributed by atoms with Gasteiger partial charge in [-0.3, -0.25) is 0 Å². The fraction of sp³-hybridized carbons (Fsp3) is 0. The molecule has 28 heavy (non-hydrogen) atoms. The van der Waals surface area contributed by atoms with Crippen LogP contribution < -0.4 is 103 Å². The van der Waals surface area contributed by atoms with E-state index in [-0.39, 0.29) is 117 Å². The maximum Gasteiger partial charge on any atom is 1.00 e. The Morgan fingerprint density at radius 3 is 1.39 bits per heavy atom. The van der Waals surface area contributed by atoms with Crippen LogP contribution in [-0.2, 0) is 0 Å². The molecular formula is C20H14K2N2O4. The van der Waals surface area contributed by atoms with Crippen molar-refractivity contribution in [3.8, 4) is 11.4 Å². The average molecular weight is 425 g/mol. The van der Waals surface area contributed by atoms with Gasteiger partial charge < -0.3 is 13.1 Å². The van der Waals surface area contributed by atoms with Crippen molar-refractivity contribution in [1.82, 2.24) is 9.97 Å². The summed E-state index contributed by atoms with van der Waals surface area (Å²) in [4.78, 5) is 32.2. The first-order valence-electron chi connectivity index (χ1n) is 7.81. The number of para-hydroxylation sites is 2. The van der Waals surface area contributed by atoms with Crippen LogP contribution in [0.3, 0.4) is 0 Å². The van der Waals surface area contributed by atoms with Crippen LogP contribution in [0.2, 0.25) is 0 Å². The van der Waals surface area contributed by atoms with Gasteiger partial charge in [-0.15, -0.1) is 0 Å². The van der Waals surface area contributed by atoms with Crippen molar-refractivity contribution in [2.24, 2.45) is 0 Å². The normalized spacial score (nSPS) is 10.1. The Balaban J connectivity index is 0.00000210. The van der Waals surface area contributed by atoms with Gasteiger partial charge in [0.15, 0.2) is 0 Å². The number of carboxylic acids is 2. The van der Waals surface area contributed by atoms with Gasteiger partial charge in [0, 0.05) is 10.8 Å². The molecule has 2 N–H and O–H groups in total. The van der Waals surface area contributed by atoms with Crippen LogP contribution in [0.25, 0.3) is 33.2 Å². The largest absolute Gasteiger partial charge is 1.00 e. The summed E-state index contributed by atoms with van der Waals surface area (Å²) in [6.07, 6.45) is 0. The van der Waals surface area contributed by atoms with Crippen molar-refractivity contribution >= 4 is 33.7 Å². The van der Waals surface area contributed by atoms with Crippen LogP contribution in [0.5, 0.6) is 0 Å². The number of nitrogens with zero attached hydrogens (tertiary/aromatic N) is 2. The maximum absolute atomic E-state index is 11.6. The van der Waals surface area contributed by atoms with Crippen molar-refractivity contribution in [3.05, 3.63) is 71.8 Å². The van der Waals surface area contributed by atoms with Crippen molar-refractivity contribution < 1.29 is 125 Å². The smallest absolute Gasteiger partial charge is 1.00 e. The third-order valence-corrected chi connectivity index (χ3v) is 4.16. The van der Waals surface area contributed by atoms with Crippen LogP contribution in [0.15, 0.2) is 60.7 Å². The van der Waals surface area contributed by atoms with Crippen molar-refractivity contribution in [1.29, 1.82) is 0 Å². The molecule has 0 aliphatic carbocycles. The number of hydrogen-bond donors (Lipinski definition) is 2. The second-order valence-electron chi connectivity index (χ2n) is 5.75. The van der Waals surface area contributed by atoms with E-state index in [0.29, 0.717) is 33.2 Å². The summed E-state index contributed by atoms with van der Waals surface area (Å²) in [5.41, 5.74) is 1.84. The number of pyridine rings is 2. The summed E-state index contributed by atoms with van der Waals surface area (Å²) in [6, 6.07) is 16.7. The zero-order chi connectivity index (χ0) is 18.3. The summed E-state index contributed by atoms with van der Waals surface area (Å²) in [5, 5.41) is 20.1. The van der Waals surface area contributed by atoms with Crippen LogP contribution >= 0.6 is 0 Å². The Bertz CT molecular complexity index is 1130. The predicted octanol–water partition coefficient (Wildman–Crippen LogP) is -1.92. The van der Waals surface area contributed by atoms with Gasteiger partial charge in [-0.1, -0.05) is 36.4 Å². The van der Waals surface area contributed by atoms with E-state index in [9.17, 15) is 19.8 Å². The summed E-state index contributed by atoms with van der Waals surface area (Å²) in [6.45, 7) is 0. The molecule has 0 fully saturated rings. The van der Waals surface area contributed by atoms with Gasteiger partial charge in [0.25, 0.3) is 0 Å². The topological polar surface area (TPSA) is 100 Å². The van der Waals surface area contributed by atoms with Crippen LogP contribution in [0.4, 0.5) is 0 Å². The summed E-state index contributed by atoms with van der Waals surface area (Å²) in [7, 11) is 0. The quantitative estimate of drug-likeness (QED) is 0.372. The molecule has 2 heterocycles. The van der Waals surface area contributed by atoms with Gasteiger partial charge in [-0.2, -0.15) is 0 Å². The molecule has 4 aromatic rings. The molecule has 4 rings (SSSR count). The molecule has 2 aromatic carbocycles.